The van der Waals surface area contributed by atoms with E-state index in [1.165, 1.54) is 53.2 Å². The van der Waals surface area contributed by atoms with Crippen LogP contribution < -0.4 is 5.43 Å². The first-order valence-electron chi connectivity index (χ1n) is 9.16. The van der Waals surface area contributed by atoms with Crippen molar-refractivity contribution in [2.75, 3.05) is 0 Å². The highest BCUT2D eigenvalue weighted by Gasteiger charge is 2.13. The molecule has 6 nitrogen and oxygen atoms in total. The third kappa shape index (κ3) is 4.17. The molecule has 0 saturated heterocycles. The molecule has 0 aliphatic carbocycles. The molecule has 3 aromatic carbocycles. The largest absolute Gasteiger partial charge is 0.506 e. The number of aromatic nitrogens is 1. The van der Waals surface area contributed by atoms with Gasteiger partial charge < -0.3 is 5.11 Å². The fourth-order valence-electron chi connectivity index (χ4n) is 3.09. The summed E-state index contributed by atoms with van der Waals surface area (Å²) in [7, 11) is 0. The lowest BCUT2D eigenvalue weighted by molar-refractivity contribution is 0.0950. The molecule has 0 atom stereocenters. The summed E-state index contributed by atoms with van der Waals surface area (Å²) in [6.45, 7) is 0. The van der Waals surface area contributed by atoms with E-state index in [0.717, 1.165) is 5.39 Å². The SMILES string of the molecule is O=C(NN=Cc1cccc2c1ccn2C(=O)c1ccc(F)cc1)c1ccc(O)c(Cl)c1. The Hall–Kier alpha value is -3.97. The normalized spacial score (nSPS) is 11.2. The molecule has 0 radical (unpaired) electrons. The van der Waals surface area contributed by atoms with Crippen molar-refractivity contribution in [1.82, 2.24) is 9.99 Å². The summed E-state index contributed by atoms with van der Waals surface area (Å²) in [5.41, 5.74) is 4.34. The molecule has 31 heavy (non-hydrogen) atoms. The highest BCUT2D eigenvalue weighted by atomic mass is 35.5. The lowest BCUT2D eigenvalue weighted by atomic mass is 10.1. The molecule has 0 fully saturated rings. The third-order valence-corrected chi connectivity index (χ3v) is 4.96. The maximum absolute atomic E-state index is 13.1. The molecule has 0 aliphatic heterocycles. The van der Waals surface area contributed by atoms with E-state index in [1.54, 1.807) is 30.5 Å². The van der Waals surface area contributed by atoms with Crippen LogP contribution >= 0.6 is 11.6 Å². The smallest absolute Gasteiger partial charge is 0.271 e. The molecule has 154 valence electrons. The monoisotopic (exact) mass is 435 g/mol. The van der Waals surface area contributed by atoms with Gasteiger partial charge in [-0.1, -0.05) is 23.7 Å². The van der Waals surface area contributed by atoms with Crippen LogP contribution in [0.1, 0.15) is 26.3 Å². The first-order valence-corrected chi connectivity index (χ1v) is 9.54. The molecule has 4 aromatic rings. The molecular formula is C23H15ClFN3O3. The number of amides is 1. The molecule has 1 aromatic heterocycles. The van der Waals surface area contributed by atoms with Crippen LogP contribution in [0.15, 0.2) is 78.0 Å². The fourth-order valence-corrected chi connectivity index (χ4v) is 3.27. The predicted octanol–water partition coefficient (Wildman–Crippen LogP) is 4.59. The molecule has 1 amide bonds. The number of benzene rings is 3. The average molecular weight is 436 g/mol. The number of phenolic OH excluding ortho intramolecular Hbond substituents is 1. The van der Waals surface area contributed by atoms with Crippen molar-refractivity contribution in [3.05, 3.63) is 100 Å². The molecule has 0 aliphatic rings. The number of hydrogen-bond donors (Lipinski definition) is 2. The van der Waals surface area contributed by atoms with Crippen LogP contribution in [0.5, 0.6) is 5.75 Å². The van der Waals surface area contributed by atoms with E-state index in [1.807, 2.05) is 0 Å². The number of carbonyl (C=O) groups is 2. The maximum atomic E-state index is 13.1. The van der Waals surface area contributed by atoms with E-state index in [4.69, 9.17) is 11.6 Å². The summed E-state index contributed by atoms with van der Waals surface area (Å²) >= 11 is 5.82. The predicted molar refractivity (Wildman–Crippen MR) is 116 cm³/mol. The maximum Gasteiger partial charge on any atom is 0.271 e. The van der Waals surface area contributed by atoms with Crippen molar-refractivity contribution < 1.29 is 19.1 Å². The summed E-state index contributed by atoms with van der Waals surface area (Å²) < 4.78 is 14.6. The quantitative estimate of drug-likeness (QED) is 0.363. The number of fused-ring (bicyclic) bond motifs is 1. The number of halogens is 2. The van der Waals surface area contributed by atoms with Crippen molar-refractivity contribution in [1.29, 1.82) is 0 Å². The molecular weight excluding hydrogens is 421 g/mol. The molecule has 8 heteroatoms. The van der Waals surface area contributed by atoms with Gasteiger partial charge in [-0.2, -0.15) is 5.10 Å². The Bertz CT molecular complexity index is 1330. The van der Waals surface area contributed by atoms with Crippen LogP contribution in [-0.2, 0) is 0 Å². The molecule has 0 spiro atoms. The van der Waals surface area contributed by atoms with Crippen LogP contribution in [-0.4, -0.2) is 27.7 Å². The van der Waals surface area contributed by atoms with Gasteiger partial charge in [0, 0.05) is 28.3 Å². The molecule has 0 saturated carbocycles. The zero-order valence-corrected chi connectivity index (χ0v) is 16.7. The van der Waals surface area contributed by atoms with Crippen LogP contribution in [0.4, 0.5) is 4.39 Å². The van der Waals surface area contributed by atoms with Crippen LogP contribution in [0, 0.1) is 5.82 Å². The van der Waals surface area contributed by atoms with Crippen molar-refractivity contribution in [2.45, 2.75) is 0 Å². The molecule has 1 heterocycles. The van der Waals surface area contributed by atoms with Gasteiger partial charge in [-0.25, -0.2) is 9.82 Å². The minimum absolute atomic E-state index is 0.0635. The number of aromatic hydroxyl groups is 1. The summed E-state index contributed by atoms with van der Waals surface area (Å²) in [6.07, 6.45) is 3.10. The van der Waals surface area contributed by atoms with Crippen LogP contribution in [0.3, 0.4) is 0 Å². The number of nitrogens with zero attached hydrogens (tertiary/aromatic N) is 2. The van der Waals surface area contributed by atoms with Gasteiger partial charge in [-0.05, 0) is 54.6 Å². The standard InChI is InChI=1S/C23H15ClFN3O3/c24-19-12-15(6-9-21(19)29)22(30)27-26-13-16-2-1-3-20-18(16)10-11-28(20)23(31)14-4-7-17(25)8-5-14/h1-13,29H,(H,27,30). The van der Waals surface area contributed by atoms with Crippen molar-refractivity contribution >= 4 is 40.5 Å². The van der Waals surface area contributed by atoms with Gasteiger partial charge in [0.1, 0.15) is 11.6 Å². The summed E-state index contributed by atoms with van der Waals surface area (Å²) in [5, 5.41) is 14.2. The number of carbonyl (C=O) groups excluding carboxylic acids is 2. The minimum atomic E-state index is -0.491. The van der Waals surface area contributed by atoms with Gasteiger partial charge in [0.05, 0.1) is 16.8 Å². The Labute approximate surface area is 181 Å². The van der Waals surface area contributed by atoms with Gasteiger partial charge in [0.15, 0.2) is 0 Å². The third-order valence-electron chi connectivity index (χ3n) is 4.66. The van der Waals surface area contributed by atoms with Gasteiger partial charge in [-0.15, -0.1) is 0 Å². The van der Waals surface area contributed by atoms with Crippen molar-refractivity contribution in [3.8, 4) is 5.75 Å². The zero-order valence-electron chi connectivity index (χ0n) is 15.9. The second kappa shape index (κ2) is 8.41. The molecule has 2 N–H and O–H groups in total. The van der Waals surface area contributed by atoms with Crippen molar-refractivity contribution in [3.63, 3.8) is 0 Å². The van der Waals surface area contributed by atoms with E-state index < -0.39 is 11.7 Å². The lowest BCUT2D eigenvalue weighted by Gasteiger charge is -2.05. The van der Waals surface area contributed by atoms with E-state index in [-0.39, 0.29) is 22.2 Å². The Balaban J connectivity index is 1.56. The lowest BCUT2D eigenvalue weighted by Crippen LogP contribution is -2.17. The first-order chi connectivity index (χ1) is 14.9. The number of hydrazone groups is 1. The number of hydrogen-bond acceptors (Lipinski definition) is 4. The first kappa shape index (κ1) is 20.3. The van der Waals surface area contributed by atoms with Gasteiger partial charge in [-0.3, -0.25) is 14.2 Å². The van der Waals surface area contributed by atoms with Crippen molar-refractivity contribution in [2.24, 2.45) is 5.10 Å². The average Bonchev–Trinajstić information content (AvgIpc) is 3.20. The topological polar surface area (TPSA) is 83.7 Å². The summed E-state index contributed by atoms with van der Waals surface area (Å²) in [4.78, 5) is 25.0. The van der Waals surface area contributed by atoms with Gasteiger partial charge in [0.2, 0.25) is 0 Å². The number of rotatable bonds is 4. The Kier molecular flexibility index (Phi) is 5.51. The highest BCUT2D eigenvalue weighted by molar-refractivity contribution is 6.32. The van der Waals surface area contributed by atoms with E-state index in [0.29, 0.717) is 16.6 Å². The number of nitrogens with one attached hydrogen (secondary N) is 1. The summed E-state index contributed by atoms with van der Waals surface area (Å²) in [5.74, 6) is -1.31. The Morgan fingerprint density at radius 3 is 2.52 bits per heavy atom. The minimum Gasteiger partial charge on any atom is -0.506 e. The molecule has 0 bridgehead atoms. The van der Waals surface area contributed by atoms with Crippen LogP contribution in [0.2, 0.25) is 5.02 Å². The van der Waals surface area contributed by atoms with Crippen LogP contribution in [0.25, 0.3) is 10.9 Å². The highest BCUT2D eigenvalue weighted by Crippen LogP contribution is 2.24. The second-order valence-corrected chi connectivity index (χ2v) is 7.05. The number of phenols is 1. The van der Waals surface area contributed by atoms with Gasteiger partial charge in [0.25, 0.3) is 11.8 Å². The Morgan fingerprint density at radius 1 is 1.03 bits per heavy atom. The molecule has 0 unspecified atom stereocenters. The van der Waals surface area contributed by atoms with Gasteiger partial charge >= 0.3 is 0 Å². The van der Waals surface area contributed by atoms with E-state index in [2.05, 4.69) is 10.5 Å². The summed E-state index contributed by atoms with van der Waals surface area (Å²) in [6, 6.07) is 16.5. The van der Waals surface area contributed by atoms with E-state index >= 15 is 0 Å². The fraction of sp³-hybridized carbons (Fsp3) is 0. The Morgan fingerprint density at radius 2 is 1.77 bits per heavy atom. The molecule has 4 rings (SSSR count). The zero-order chi connectivity index (χ0) is 22.0. The second-order valence-electron chi connectivity index (χ2n) is 6.64. The van der Waals surface area contributed by atoms with E-state index in [9.17, 15) is 19.1 Å².